The second kappa shape index (κ2) is 7.87. The van der Waals surface area contributed by atoms with Crippen LogP contribution in [0.15, 0.2) is 60.4 Å². The van der Waals surface area contributed by atoms with E-state index in [0.29, 0.717) is 6.61 Å². The van der Waals surface area contributed by atoms with Gasteiger partial charge < -0.3 is 9.47 Å². The van der Waals surface area contributed by atoms with Crippen LogP contribution in [-0.4, -0.2) is 18.3 Å². The molecule has 1 N–H and O–H groups in total. The molecular weight excluding hydrogens is 338 g/mol. The van der Waals surface area contributed by atoms with Crippen molar-refractivity contribution in [2.24, 2.45) is 0 Å². The van der Waals surface area contributed by atoms with Gasteiger partial charge in [-0.2, -0.15) is 0 Å². The molecule has 1 heterocycles. The first kappa shape index (κ1) is 19.0. The van der Waals surface area contributed by atoms with Gasteiger partial charge in [0.05, 0.1) is 12.4 Å². The highest BCUT2D eigenvalue weighted by molar-refractivity contribution is 5.86. The van der Waals surface area contributed by atoms with E-state index in [1.165, 1.54) is 5.56 Å². The molecule has 4 heteroatoms. The molecule has 0 saturated carbocycles. The number of rotatable bonds is 4. The third-order valence-corrected chi connectivity index (χ3v) is 4.39. The molecule has 0 spiro atoms. The highest BCUT2D eigenvalue weighted by Crippen LogP contribution is 2.35. The summed E-state index contributed by atoms with van der Waals surface area (Å²) in [7, 11) is 0. The van der Waals surface area contributed by atoms with Crippen LogP contribution in [0.4, 0.5) is 10.5 Å². The van der Waals surface area contributed by atoms with Gasteiger partial charge in [0.15, 0.2) is 0 Å². The molecular formula is C23H27NO3. The predicted octanol–water partition coefficient (Wildman–Crippen LogP) is 5.58. The Kier molecular flexibility index (Phi) is 5.54. The van der Waals surface area contributed by atoms with E-state index in [-0.39, 0.29) is 5.92 Å². The molecule has 1 unspecified atom stereocenters. The summed E-state index contributed by atoms with van der Waals surface area (Å²) in [6, 6.07) is 16.2. The Morgan fingerprint density at radius 1 is 1.15 bits per heavy atom. The summed E-state index contributed by atoms with van der Waals surface area (Å²) in [6.07, 6.45) is 2.50. The van der Waals surface area contributed by atoms with Crippen molar-refractivity contribution in [3.63, 3.8) is 0 Å². The lowest BCUT2D eigenvalue weighted by atomic mass is 9.93. The molecule has 2 aromatic rings. The molecule has 1 aliphatic rings. The number of anilines is 1. The fourth-order valence-electron chi connectivity index (χ4n) is 3.29. The van der Waals surface area contributed by atoms with E-state index in [1.54, 1.807) is 0 Å². The van der Waals surface area contributed by atoms with E-state index in [4.69, 9.17) is 9.47 Å². The third kappa shape index (κ3) is 5.13. The Hall–Kier alpha value is -2.75. The molecule has 3 rings (SSSR count). The van der Waals surface area contributed by atoms with Gasteiger partial charge in [0, 0.05) is 18.0 Å². The zero-order valence-corrected chi connectivity index (χ0v) is 16.4. The minimum absolute atomic E-state index is 0.106. The Balaban J connectivity index is 1.79. The summed E-state index contributed by atoms with van der Waals surface area (Å²) < 4.78 is 11.3. The van der Waals surface area contributed by atoms with Gasteiger partial charge in [-0.25, -0.2) is 4.79 Å². The van der Waals surface area contributed by atoms with Gasteiger partial charge >= 0.3 is 6.09 Å². The summed E-state index contributed by atoms with van der Waals surface area (Å²) >= 11 is 0. The van der Waals surface area contributed by atoms with Crippen LogP contribution in [-0.2, 0) is 15.9 Å². The maximum Gasteiger partial charge on any atom is 0.412 e. The van der Waals surface area contributed by atoms with Gasteiger partial charge in [-0.1, -0.05) is 42.5 Å². The summed E-state index contributed by atoms with van der Waals surface area (Å²) in [5, 5.41) is 2.90. The first-order valence-electron chi connectivity index (χ1n) is 9.29. The van der Waals surface area contributed by atoms with Gasteiger partial charge in [0.1, 0.15) is 5.60 Å². The SMILES string of the molecule is Cc1cccc(NC(=O)OC(C)(C)C)c1C1C=C(Cc2ccccc2)OC1. The molecule has 0 saturated heterocycles. The number of carbonyl (C=O) groups is 1. The van der Waals surface area contributed by atoms with Crippen LogP contribution in [0.25, 0.3) is 0 Å². The van der Waals surface area contributed by atoms with Gasteiger partial charge in [0.25, 0.3) is 0 Å². The fraction of sp³-hybridized carbons (Fsp3) is 0.348. The molecule has 2 aromatic carbocycles. The average Bonchev–Trinajstić information content (AvgIpc) is 3.02. The number of amides is 1. The number of nitrogens with one attached hydrogen (secondary N) is 1. The summed E-state index contributed by atoms with van der Waals surface area (Å²) in [5.41, 5.74) is 3.66. The van der Waals surface area contributed by atoms with Crippen molar-refractivity contribution in [1.82, 2.24) is 0 Å². The van der Waals surface area contributed by atoms with Crippen LogP contribution in [0.3, 0.4) is 0 Å². The zero-order valence-electron chi connectivity index (χ0n) is 16.4. The minimum Gasteiger partial charge on any atom is -0.497 e. The highest BCUT2D eigenvalue weighted by atomic mass is 16.6. The van der Waals surface area contributed by atoms with Crippen molar-refractivity contribution in [3.05, 3.63) is 77.1 Å². The van der Waals surface area contributed by atoms with Crippen LogP contribution >= 0.6 is 0 Å². The molecule has 0 aromatic heterocycles. The highest BCUT2D eigenvalue weighted by Gasteiger charge is 2.25. The predicted molar refractivity (Wildman–Crippen MR) is 108 cm³/mol. The lowest BCUT2D eigenvalue weighted by Crippen LogP contribution is -2.27. The van der Waals surface area contributed by atoms with Crippen molar-refractivity contribution in [2.75, 3.05) is 11.9 Å². The van der Waals surface area contributed by atoms with E-state index < -0.39 is 11.7 Å². The minimum atomic E-state index is -0.534. The van der Waals surface area contributed by atoms with Gasteiger partial charge in [-0.15, -0.1) is 0 Å². The Morgan fingerprint density at radius 3 is 2.59 bits per heavy atom. The zero-order chi connectivity index (χ0) is 19.4. The molecule has 142 valence electrons. The molecule has 1 atom stereocenters. The second-order valence-corrected chi connectivity index (χ2v) is 7.88. The van der Waals surface area contributed by atoms with E-state index in [9.17, 15) is 4.79 Å². The summed E-state index contributed by atoms with van der Waals surface area (Å²) in [4.78, 5) is 12.2. The van der Waals surface area contributed by atoms with Crippen LogP contribution in [0.2, 0.25) is 0 Å². The fourth-order valence-corrected chi connectivity index (χ4v) is 3.29. The normalized spacial score (nSPS) is 16.4. The van der Waals surface area contributed by atoms with E-state index >= 15 is 0 Å². The molecule has 0 aliphatic carbocycles. The van der Waals surface area contributed by atoms with Crippen LogP contribution in [0.1, 0.15) is 43.4 Å². The smallest absolute Gasteiger partial charge is 0.412 e. The quantitative estimate of drug-likeness (QED) is 0.769. The van der Waals surface area contributed by atoms with Gasteiger partial charge in [-0.3, -0.25) is 5.32 Å². The standard InChI is InChI=1S/C23H27NO3/c1-16-9-8-12-20(24-22(25)27-23(2,3)4)21(16)18-14-19(26-15-18)13-17-10-6-5-7-11-17/h5-12,14,18H,13,15H2,1-4H3,(H,24,25). The van der Waals surface area contributed by atoms with Gasteiger partial charge in [-0.05, 0) is 56.5 Å². The van der Waals surface area contributed by atoms with E-state index in [2.05, 4.69) is 36.5 Å². The second-order valence-electron chi connectivity index (χ2n) is 7.88. The van der Waals surface area contributed by atoms with Crippen molar-refractivity contribution in [2.45, 2.75) is 45.6 Å². The summed E-state index contributed by atoms with van der Waals surface area (Å²) in [5.74, 6) is 1.08. The molecule has 4 nitrogen and oxygen atoms in total. The number of aryl methyl sites for hydroxylation is 1. The first-order valence-corrected chi connectivity index (χ1v) is 9.29. The number of hydrogen-bond donors (Lipinski definition) is 1. The maximum atomic E-state index is 12.2. The van der Waals surface area contributed by atoms with Crippen molar-refractivity contribution in [3.8, 4) is 0 Å². The van der Waals surface area contributed by atoms with Gasteiger partial charge in [0.2, 0.25) is 0 Å². The Labute approximate surface area is 161 Å². The monoisotopic (exact) mass is 365 g/mol. The molecule has 1 aliphatic heterocycles. The molecule has 0 fully saturated rings. The lowest BCUT2D eigenvalue weighted by Gasteiger charge is -2.22. The van der Waals surface area contributed by atoms with Crippen LogP contribution < -0.4 is 5.32 Å². The van der Waals surface area contributed by atoms with Crippen molar-refractivity contribution >= 4 is 11.8 Å². The maximum absolute atomic E-state index is 12.2. The number of hydrogen-bond acceptors (Lipinski definition) is 3. The third-order valence-electron chi connectivity index (χ3n) is 4.39. The molecule has 27 heavy (non-hydrogen) atoms. The topological polar surface area (TPSA) is 47.6 Å². The number of carbonyl (C=O) groups excluding carboxylic acids is 1. The van der Waals surface area contributed by atoms with E-state index in [1.807, 2.05) is 51.1 Å². The Morgan fingerprint density at radius 2 is 1.89 bits per heavy atom. The van der Waals surface area contributed by atoms with Crippen LogP contribution in [0.5, 0.6) is 0 Å². The molecule has 0 bridgehead atoms. The van der Waals surface area contributed by atoms with Crippen molar-refractivity contribution in [1.29, 1.82) is 0 Å². The Bertz CT molecular complexity index is 834. The number of ether oxygens (including phenoxy) is 2. The average molecular weight is 365 g/mol. The van der Waals surface area contributed by atoms with Crippen molar-refractivity contribution < 1.29 is 14.3 Å². The van der Waals surface area contributed by atoms with E-state index in [0.717, 1.165) is 29.0 Å². The largest absolute Gasteiger partial charge is 0.497 e. The first-order chi connectivity index (χ1) is 12.8. The number of benzene rings is 2. The summed E-state index contributed by atoms with van der Waals surface area (Å²) in [6.45, 7) is 8.20. The molecule has 1 amide bonds. The molecule has 0 radical (unpaired) electrons. The van der Waals surface area contributed by atoms with Crippen LogP contribution in [0, 0.1) is 6.92 Å². The number of allylic oxidation sites excluding steroid dienone is 1. The lowest BCUT2D eigenvalue weighted by molar-refractivity contribution is 0.0635.